The average Bonchev–Trinajstić information content (AvgIpc) is 2.53. The maximum absolute atomic E-state index is 11.5. The Labute approximate surface area is 104 Å². The quantitative estimate of drug-likeness (QED) is 0.743. The largest absolute Gasteiger partial charge is 0.382 e. The molecule has 1 amide bonds. The molecule has 0 aromatic carbocycles. The Morgan fingerprint density at radius 1 is 1.59 bits per heavy atom. The molecule has 0 aliphatic carbocycles. The van der Waals surface area contributed by atoms with Crippen molar-refractivity contribution in [2.24, 2.45) is 0 Å². The minimum atomic E-state index is -0.274. The minimum Gasteiger partial charge on any atom is -0.382 e. The van der Waals surface area contributed by atoms with Crippen LogP contribution < -0.4 is 16.4 Å². The Bertz CT molecular complexity index is 454. The molecular weight excluding hydrogens is 238 g/mol. The molecule has 0 saturated carbocycles. The lowest BCUT2D eigenvalue weighted by Crippen LogP contribution is -2.43. The first-order valence-corrected chi connectivity index (χ1v) is 5.81. The molecule has 0 radical (unpaired) electrons. The smallest absolute Gasteiger partial charge is 0.239 e. The van der Waals surface area contributed by atoms with Crippen LogP contribution in [0.1, 0.15) is 26.3 Å². The fourth-order valence-electron chi connectivity index (χ4n) is 1.15. The standard InChI is InChI=1S/C10H15N5OS/c1-10(2,3)14-7(16)5-13-9-6(4-11)8(12)15-17-9/h13H,5H2,1-3H3,(H2,12,15)(H,14,16). The van der Waals surface area contributed by atoms with E-state index in [1.807, 2.05) is 26.8 Å². The van der Waals surface area contributed by atoms with Crippen LogP contribution in [0.25, 0.3) is 0 Å². The third kappa shape index (κ3) is 3.92. The number of nitrogen functional groups attached to an aromatic ring is 1. The van der Waals surface area contributed by atoms with E-state index in [1.165, 1.54) is 0 Å². The number of nitriles is 1. The molecule has 0 aliphatic rings. The highest BCUT2D eigenvalue weighted by atomic mass is 32.1. The average molecular weight is 253 g/mol. The first-order chi connectivity index (χ1) is 7.83. The molecule has 92 valence electrons. The van der Waals surface area contributed by atoms with Gasteiger partial charge in [-0.2, -0.15) is 9.64 Å². The molecule has 0 aliphatic heterocycles. The molecule has 0 atom stereocenters. The molecule has 1 heterocycles. The zero-order valence-electron chi connectivity index (χ0n) is 10.00. The van der Waals surface area contributed by atoms with Gasteiger partial charge in [0.2, 0.25) is 5.91 Å². The second-order valence-corrected chi connectivity index (χ2v) is 5.31. The van der Waals surface area contributed by atoms with Crippen LogP contribution in [0.15, 0.2) is 0 Å². The van der Waals surface area contributed by atoms with Crippen molar-refractivity contribution in [2.45, 2.75) is 26.3 Å². The number of nitrogens with one attached hydrogen (secondary N) is 2. The summed E-state index contributed by atoms with van der Waals surface area (Å²) in [7, 11) is 0. The number of amides is 1. The maximum atomic E-state index is 11.5. The molecule has 1 aromatic heterocycles. The SMILES string of the molecule is CC(C)(C)NC(=O)CNc1snc(N)c1C#N. The van der Waals surface area contributed by atoms with E-state index in [0.29, 0.717) is 10.6 Å². The lowest BCUT2D eigenvalue weighted by molar-refractivity contribution is -0.120. The molecule has 1 aromatic rings. The van der Waals surface area contributed by atoms with Gasteiger partial charge in [0.25, 0.3) is 0 Å². The van der Waals surface area contributed by atoms with Gasteiger partial charge in [-0.1, -0.05) is 0 Å². The maximum Gasteiger partial charge on any atom is 0.239 e. The summed E-state index contributed by atoms with van der Waals surface area (Å²) in [4.78, 5) is 11.5. The molecule has 0 fully saturated rings. The van der Waals surface area contributed by atoms with Gasteiger partial charge in [0.05, 0.1) is 6.54 Å². The van der Waals surface area contributed by atoms with E-state index < -0.39 is 0 Å². The minimum absolute atomic E-state index is 0.0909. The van der Waals surface area contributed by atoms with Crippen LogP contribution >= 0.6 is 11.5 Å². The highest BCUT2D eigenvalue weighted by Crippen LogP contribution is 2.25. The second kappa shape index (κ2) is 5.01. The van der Waals surface area contributed by atoms with Gasteiger partial charge in [-0.25, -0.2) is 0 Å². The van der Waals surface area contributed by atoms with Crippen LogP contribution in [0.5, 0.6) is 0 Å². The lowest BCUT2D eigenvalue weighted by Gasteiger charge is -2.20. The molecule has 0 spiro atoms. The van der Waals surface area contributed by atoms with Crippen molar-refractivity contribution in [3.63, 3.8) is 0 Å². The van der Waals surface area contributed by atoms with E-state index in [2.05, 4.69) is 15.0 Å². The highest BCUT2D eigenvalue weighted by Gasteiger charge is 2.15. The summed E-state index contributed by atoms with van der Waals surface area (Å²) >= 11 is 1.07. The number of rotatable bonds is 3. The third-order valence-electron chi connectivity index (χ3n) is 1.75. The number of nitrogens with zero attached hydrogens (tertiary/aromatic N) is 2. The summed E-state index contributed by atoms with van der Waals surface area (Å²) < 4.78 is 3.84. The first-order valence-electron chi connectivity index (χ1n) is 5.03. The van der Waals surface area contributed by atoms with Crippen molar-refractivity contribution in [3.05, 3.63) is 5.56 Å². The van der Waals surface area contributed by atoms with Crippen molar-refractivity contribution >= 4 is 28.3 Å². The summed E-state index contributed by atoms with van der Waals surface area (Å²) in [6.45, 7) is 5.79. The Kier molecular flexibility index (Phi) is 3.91. The molecule has 4 N–H and O–H groups in total. The number of carbonyl (C=O) groups excluding carboxylic acids is 1. The summed E-state index contributed by atoms with van der Waals surface area (Å²) in [5.41, 5.74) is 5.51. The number of hydrogen-bond acceptors (Lipinski definition) is 6. The molecule has 0 bridgehead atoms. The highest BCUT2D eigenvalue weighted by molar-refractivity contribution is 7.10. The zero-order chi connectivity index (χ0) is 13.1. The van der Waals surface area contributed by atoms with Gasteiger partial charge in [-0.3, -0.25) is 4.79 Å². The summed E-state index contributed by atoms with van der Waals surface area (Å²) in [5, 5.41) is 15.0. The summed E-state index contributed by atoms with van der Waals surface area (Å²) in [5.74, 6) is 0.0459. The number of aromatic nitrogens is 1. The number of carbonyl (C=O) groups is 1. The van der Waals surface area contributed by atoms with Crippen molar-refractivity contribution in [2.75, 3.05) is 17.6 Å². The van der Waals surface area contributed by atoms with Crippen molar-refractivity contribution in [1.82, 2.24) is 9.69 Å². The van der Waals surface area contributed by atoms with Gasteiger partial charge in [0.1, 0.15) is 16.6 Å². The first kappa shape index (κ1) is 13.3. The van der Waals surface area contributed by atoms with E-state index >= 15 is 0 Å². The molecule has 1 rings (SSSR count). The molecule has 17 heavy (non-hydrogen) atoms. The van der Waals surface area contributed by atoms with Crippen LogP contribution in [-0.2, 0) is 4.79 Å². The topological polar surface area (TPSA) is 104 Å². The van der Waals surface area contributed by atoms with Gasteiger partial charge >= 0.3 is 0 Å². The van der Waals surface area contributed by atoms with Gasteiger partial charge in [0, 0.05) is 5.54 Å². The van der Waals surface area contributed by atoms with Crippen LogP contribution in [0, 0.1) is 11.3 Å². The predicted octanol–water partition coefficient (Wildman–Crippen LogP) is 0.924. The summed E-state index contributed by atoms with van der Waals surface area (Å²) in [6.07, 6.45) is 0. The number of hydrogen-bond donors (Lipinski definition) is 3. The van der Waals surface area contributed by atoms with Gasteiger partial charge in [0.15, 0.2) is 5.82 Å². The molecule has 0 saturated heterocycles. The normalized spacial score (nSPS) is 10.7. The van der Waals surface area contributed by atoms with Crippen LogP contribution in [0.4, 0.5) is 10.8 Å². The Morgan fingerprint density at radius 3 is 2.76 bits per heavy atom. The molecule has 6 nitrogen and oxygen atoms in total. The van der Waals surface area contributed by atoms with E-state index in [9.17, 15) is 4.79 Å². The van der Waals surface area contributed by atoms with Gasteiger partial charge in [-0.05, 0) is 32.3 Å². The predicted molar refractivity (Wildman–Crippen MR) is 67.6 cm³/mol. The van der Waals surface area contributed by atoms with E-state index in [0.717, 1.165) is 11.5 Å². The molecule has 7 heteroatoms. The fraction of sp³-hybridized carbons (Fsp3) is 0.500. The van der Waals surface area contributed by atoms with Gasteiger partial charge in [-0.15, -0.1) is 0 Å². The molecular formula is C10H15N5OS. The summed E-state index contributed by atoms with van der Waals surface area (Å²) in [6, 6.07) is 1.94. The van der Waals surface area contributed by atoms with Crippen molar-refractivity contribution < 1.29 is 4.79 Å². The Hall–Kier alpha value is -1.81. The van der Waals surface area contributed by atoms with Gasteiger partial charge < -0.3 is 16.4 Å². The van der Waals surface area contributed by atoms with Crippen LogP contribution in [0.2, 0.25) is 0 Å². The number of nitrogens with two attached hydrogens (primary N) is 1. The fourth-order valence-corrected chi connectivity index (χ4v) is 1.81. The third-order valence-corrected chi connectivity index (χ3v) is 2.57. The van der Waals surface area contributed by atoms with E-state index in [1.54, 1.807) is 0 Å². The van der Waals surface area contributed by atoms with Crippen molar-refractivity contribution in [3.8, 4) is 6.07 Å². The number of anilines is 2. The van der Waals surface area contributed by atoms with Crippen LogP contribution in [-0.4, -0.2) is 22.4 Å². The Morgan fingerprint density at radius 2 is 2.24 bits per heavy atom. The Balaban J connectivity index is 2.57. The van der Waals surface area contributed by atoms with E-state index in [4.69, 9.17) is 11.0 Å². The zero-order valence-corrected chi connectivity index (χ0v) is 10.8. The lowest BCUT2D eigenvalue weighted by atomic mass is 10.1. The van der Waals surface area contributed by atoms with Crippen molar-refractivity contribution in [1.29, 1.82) is 5.26 Å². The molecule has 0 unspecified atom stereocenters. The van der Waals surface area contributed by atoms with E-state index in [-0.39, 0.29) is 23.8 Å². The van der Waals surface area contributed by atoms with Crippen LogP contribution in [0.3, 0.4) is 0 Å². The second-order valence-electron chi connectivity index (χ2n) is 4.54. The monoisotopic (exact) mass is 253 g/mol.